The first-order valence-corrected chi connectivity index (χ1v) is 6.99. The standard InChI is InChI=1S/C16H16N4O/c1-19-11-14(10-18-19)15-3-2-8-20(15)16(21)13-6-4-12(9-17)5-7-13/h4-7,10-11,15H,2-3,8H2,1H3/t15-/m1/s1. The van der Waals surface area contributed by atoms with Crippen LogP contribution in [0.15, 0.2) is 36.7 Å². The van der Waals surface area contributed by atoms with E-state index in [1.54, 1.807) is 28.9 Å². The van der Waals surface area contributed by atoms with Crippen LogP contribution in [0.25, 0.3) is 0 Å². The van der Waals surface area contributed by atoms with Gasteiger partial charge >= 0.3 is 0 Å². The lowest BCUT2D eigenvalue weighted by Gasteiger charge is -2.24. The Hall–Kier alpha value is -2.61. The number of carbonyl (C=O) groups is 1. The second-order valence-corrected chi connectivity index (χ2v) is 5.29. The first kappa shape index (κ1) is 13.4. The Bertz CT molecular complexity index is 696. The van der Waals surface area contributed by atoms with Crippen molar-refractivity contribution in [1.29, 1.82) is 5.26 Å². The molecule has 1 aliphatic heterocycles. The van der Waals surface area contributed by atoms with Crippen LogP contribution in [0.3, 0.4) is 0 Å². The van der Waals surface area contributed by atoms with E-state index in [1.165, 1.54) is 0 Å². The van der Waals surface area contributed by atoms with Crippen LogP contribution in [-0.2, 0) is 7.05 Å². The molecule has 2 heterocycles. The van der Waals surface area contributed by atoms with Gasteiger partial charge in [0.2, 0.25) is 0 Å². The van der Waals surface area contributed by atoms with Gasteiger partial charge in [-0.05, 0) is 37.1 Å². The molecule has 1 fully saturated rings. The fraction of sp³-hybridized carbons (Fsp3) is 0.312. The molecule has 0 aliphatic carbocycles. The molecule has 0 radical (unpaired) electrons. The molecule has 0 unspecified atom stereocenters. The Morgan fingerprint density at radius 3 is 2.76 bits per heavy atom. The van der Waals surface area contributed by atoms with Crippen LogP contribution in [0.5, 0.6) is 0 Å². The number of nitriles is 1. The van der Waals surface area contributed by atoms with Crippen LogP contribution < -0.4 is 0 Å². The van der Waals surface area contributed by atoms with Gasteiger partial charge in [-0.25, -0.2) is 0 Å². The number of likely N-dealkylation sites (tertiary alicyclic amines) is 1. The molecule has 1 aliphatic rings. The first-order chi connectivity index (χ1) is 10.2. The maximum absolute atomic E-state index is 12.7. The molecule has 2 aromatic rings. The highest BCUT2D eigenvalue weighted by Crippen LogP contribution is 2.32. The number of benzene rings is 1. The van der Waals surface area contributed by atoms with Crippen LogP contribution in [0.2, 0.25) is 0 Å². The van der Waals surface area contributed by atoms with E-state index in [2.05, 4.69) is 11.2 Å². The molecule has 0 spiro atoms. The summed E-state index contributed by atoms with van der Waals surface area (Å²) in [7, 11) is 1.88. The lowest BCUT2D eigenvalue weighted by molar-refractivity contribution is 0.0735. The van der Waals surface area contributed by atoms with Gasteiger partial charge in [0.15, 0.2) is 0 Å². The number of hydrogen-bond donors (Lipinski definition) is 0. The zero-order valence-corrected chi connectivity index (χ0v) is 11.9. The Balaban J connectivity index is 1.84. The van der Waals surface area contributed by atoms with E-state index < -0.39 is 0 Å². The molecule has 1 aromatic carbocycles. The van der Waals surface area contributed by atoms with Gasteiger partial charge in [0.25, 0.3) is 5.91 Å². The van der Waals surface area contributed by atoms with Crippen molar-refractivity contribution in [2.75, 3.05) is 6.54 Å². The smallest absolute Gasteiger partial charge is 0.254 e. The second kappa shape index (κ2) is 5.41. The Labute approximate surface area is 123 Å². The van der Waals surface area contributed by atoms with Gasteiger partial charge in [-0.1, -0.05) is 0 Å². The second-order valence-electron chi connectivity index (χ2n) is 5.29. The predicted octanol–water partition coefficient (Wildman–Crippen LogP) is 2.27. The molecule has 5 nitrogen and oxygen atoms in total. The van der Waals surface area contributed by atoms with E-state index in [9.17, 15) is 4.79 Å². The summed E-state index contributed by atoms with van der Waals surface area (Å²) in [6.07, 6.45) is 5.76. The van der Waals surface area contributed by atoms with Gasteiger partial charge in [-0.2, -0.15) is 10.4 Å². The number of aryl methyl sites for hydroxylation is 1. The first-order valence-electron chi connectivity index (χ1n) is 6.99. The highest BCUT2D eigenvalue weighted by molar-refractivity contribution is 5.94. The topological polar surface area (TPSA) is 61.9 Å². The van der Waals surface area contributed by atoms with Crippen LogP contribution in [0, 0.1) is 11.3 Å². The largest absolute Gasteiger partial charge is 0.331 e. The van der Waals surface area contributed by atoms with Gasteiger partial charge in [-0.15, -0.1) is 0 Å². The van der Waals surface area contributed by atoms with Crippen LogP contribution in [-0.4, -0.2) is 27.1 Å². The van der Waals surface area contributed by atoms with Crippen molar-refractivity contribution in [3.8, 4) is 6.07 Å². The minimum atomic E-state index is 0.0193. The summed E-state index contributed by atoms with van der Waals surface area (Å²) in [6, 6.07) is 8.97. The molecule has 0 N–H and O–H groups in total. The summed E-state index contributed by atoms with van der Waals surface area (Å²) in [4.78, 5) is 14.6. The minimum Gasteiger partial charge on any atom is -0.331 e. The molecule has 1 aromatic heterocycles. The van der Waals surface area contributed by atoms with Gasteiger partial charge in [-0.3, -0.25) is 9.48 Å². The minimum absolute atomic E-state index is 0.0193. The zero-order valence-electron chi connectivity index (χ0n) is 11.9. The molecule has 0 bridgehead atoms. The third kappa shape index (κ3) is 2.52. The number of rotatable bonds is 2. The fourth-order valence-electron chi connectivity index (χ4n) is 2.82. The van der Waals surface area contributed by atoms with E-state index in [4.69, 9.17) is 5.26 Å². The van der Waals surface area contributed by atoms with Crippen molar-refractivity contribution in [3.05, 3.63) is 53.3 Å². The van der Waals surface area contributed by atoms with E-state index >= 15 is 0 Å². The van der Waals surface area contributed by atoms with Crippen molar-refractivity contribution >= 4 is 5.91 Å². The van der Waals surface area contributed by atoms with Gasteiger partial charge in [0, 0.05) is 30.9 Å². The highest BCUT2D eigenvalue weighted by Gasteiger charge is 2.31. The molecule has 1 atom stereocenters. The molecule has 5 heteroatoms. The molecule has 106 valence electrons. The van der Waals surface area contributed by atoms with Crippen molar-refractivity contribution < 1.29 is 4.79 Å². The zero-order chi connectivity index (χ0) is 14.8. The molecule has 21 heavy (non-hydrogen) atoms. The summed E-state index contributed by atoms with van der Waals surface area (Å²) < 4.78 is 1.76. The fourth-order valence-corrected chi connectivity index (χ4v) is 2.82. The highest BCUT2D eigenvalue weighted by atomic mass is 16.2. The molecule has 1 saturated heterocycles. The van der Waals surface area contributed by atoms with Gasteiger partial charge in [0.1, 0.15) is 0 Å². The van der Waals surface area contributed by atoms with E-state index in [0.717, 1.165) is 24.9 Å². The summed E-state index contributed by atoms with van der Waals surface area (Å²) >= 11 is 0. The number of carbonyl (C=O) groups excluding carboxylic acids is 1. The van der Waals surface area contributed by atoms with Gasteiger partial charge in [0.05, 0.1) is 23.9 Å². The molecule has 3 rings (SSSR count). The van der Waals surface area contributed by atoms with Crippen molar-refractivity contribution in [3.63, 3.8) is 0 Å². The number of amides is 1. The quantitative estimate of drug-likeness (QED) is 0.847. The van der Waals surface area contributed by atoms with Crippen molar-refractivity contribution in [1.82, 2.24) is 14.7 Å². The van der Waals surface area contributed by atoms with Crippen molar-refractivity contribution in [2.45, 2.75) is 18.9 Å². The monoisotopic (exact) mass is 280 g/mol. The lowest BCUT2D eigenvalue weighted by Crippen LogP contribution is -2.30. The predicted molar refractivity (Wildman–Crippen MR) is 77.4 cm³/mol. The van der Waals surface area contributed by atoms with Crippen molar-refractivity contribution in [2.24, 2.45) is 7.05 Å². The molecule has 1 amide bonds. The Morgan fingerprint density at radius 1 is 1.38 bits per heavy atom. The lowest BCUT2D eigenvalue weighted by atomic mass is 10.1. The maximum Gasteiger partial charge on any atom is 0.254 e. The van der Waals surface area contributed by atoms with E-state index in [0.29, 0.717) is 11.1 Å². The van der Waals surface area contributed by atoms with Gasteiger partial charge < -0.3 is 4.90 Å². The average Bonchev–Trinajstić information content (AvgIpc) is 3.15. The summed E-state index contributed by atoms with van der Waals surface area (Å²) in [6.45, 7) is 0.762. The number of aromatic nitrogens is 2. The molecular formula is C16H16N4O. The Morgan fingerprint density at radius 2 is 2.14 bits per heavy atom. The average molecular weight is 280 g/mol. The van der Waals surface area contributed by atoms with Crippen LogP contribution >= 0.6 is 0 Å². The summed E-state index contributed by atoms with van der Waals surface area (Å²) in [5, 5.41) is 13.0. The molecule has 0 saturated carbocycles. The third-order valence-corrected chi connectivity index (χ3v) is 3.88. The van der Waals surface area contributed by atoms with Crippen LogP contribution in [0.1, 0.15) is 40.4 Å². The Kier molecular flexibility index (Phi) is 3.44. The summed E-state index contributed by atoms with van der Waals surface area (Å²) in [5.41, 5.74) is 2.28. The summed E-state index contributed by atoms with van der Waals surface area (Å²) in [5.74, 6) is 0.0193. The SMILES string of the molecule is Cn1cc([C@H]2CCCN2C(=O)c2ccc(C#N)cc2)cn1. The maximum atomic E-state index is 12.7. The van der Waals surface area contributed by atoms with Crippen LogP contribution in [0.4, 0.5) is 0 Å². The van der Waals surface area contributed by atoms with E-state index in [1.807, 2.05) is 24.3 Å². The normalized spacial score (nSPS) is 17.7. The number of nitrogens with zero attached hydrogens (tertiary/aromatic N) is 4. The third-order valence-electron chi connectivity index (χ3n) is 3.88. The molecular weight excluding hydrogens is 264 g/mol. The number of hydrogen-bond acceptors (Lipinski definition) is 3. The van der Waals surface area contributed by atoms with E-state index in [-0.39, 0.29) is 11.9 Å².